The second-order valence-corrected chi connectivity index (χ2v) is 8.13. The zero-order chi connectivity index (χ0) is 24.1. The van der Waals surface area contributed by atoms with Gasteiger partial charge in [-0.3, -0.25) is 9.48 Å². The van der Waals surface area contributed by atoms with Crippen LogP contribution in [0.3, 0.4) is 0 Å². The predicted molar refractivity (Wildman–Crippen MR) is 115 cm³/mol. The van der Waals surface area contributed by atoms with E-state index in [1.54, 1.807) is 37.3 Å². The summed E-state index contributed by atoms with van der Waals surface area (Å²) in [5.74, 6) is -5.06. The molecule has 0 aliphatic carbocycles. The third kappa shape index (κ3) is 3.46. The number of benzene rings is 2. The largest absolute Gasteiger partial charge is 0.330 e. The molecule has 1 aliphatic heterocycles. The molecule has 1 atom stereocenters. The fraction of sp³-hybridized carbons (Fsp3) is 0.208. The zero-order valence-corrected chi connectivity index (χ0v) is 18.3. The fourth-order valence-corrected chi connectivity index (χ4v) is 4.52. The first-order valence-corrected chi connectivity index (χ1v) is 10.6. The molecule has 6 nitrogen and oxygen atoms in total. The number of nitrogens with zero attached hydrogens (tertiary/aromatic N) is 5. The van der Waals surface area contributed by atoms with Gasteiger partial charge in [-0.05, 0) is 49.7 Å². The quantitative estimate of drug-likeness (QED) is 0.326. The van der Waals surface area contributed by atoms with Crippen molar-refractivity contribution in [1.29, 1.82) is 0 Å². The first-order valence-electron chi connectivity index (χ1n) is 10.6. The minimum absolute atomic E-state index is 0.151. The summed E-state index contributed by atoms with van der Waals surface area (Å²) in [4.78, 5) is 15.1. The Morgan fingerprint density at radius 2 is 1.82 bits per heavy atom. The Bertz CT molecular complexity index is 1390. The molecule has 1 aliphatic rings. The molecule has 10 heteroatoms. The van der Waals surface area contributed by atoms with E-state index in [2.05, 4.69) is 10.2 Å². The molecule has 0 spiro atoms. The lowest BCUT2D eigenvalue weighted by Crippen LogP contribution is -2.39. The highest BCUT2D eigenvalue weighted by molar-refractivity contribution is 5.98. The number of aromatic nitrogens is 4. The molecule has 0 N–H and O–H groups in total. The van der Waals surface area contributed by atoms with Crippen molar-refractivity contribution in [1.82, 2.24) is 24.5 Å². The van der Waals surface area contributed by atoms with Crippen LogP contribution in [0.5, 0.6) is 0 Å². The summed E-state index contributed by atoms with van der Waals surface area (Å²) < 4.78 is 58.3. The third-order valence-electron chi connectivity index (χ3n) is 6.10. The maximum atomic E-state index is 14.1. The molecule has 34 heavy (non-hydrogen) atoms. The van der Waals surface area contributed by atoms with Crippen LogP contribution in [0.2, 0.25) is 0 Å². The summed E-state index contributed by atoms with van der Waals surface area (Å²) in [6.45, 7) is 2.05. The van der Waals surface area contributed by atoms with E-state index in [1.807, 2.05) is 0 Å². The van der Waals surface area contributed by atoms with Gasteiger partial charge in [0.05, 0.1) is 28.7 Å². The number of carbonyl (C=O) groups is 1. The lowest BCUT2D eigenvalue weighted by molar-refractivity contribution is 0.0673. The summed E-state index contributed by atoms with van der Waals surface area (Å²) in [5.41, 5.74) is 2.47. The lowest BCUT2D eigenvalue weighted by atomic mass is 9.94. The lowest BCUT2D eigenvalue weighted by Gasteiger charge is -2.33. The number of aryl methyl sites for hydroxylation is 1. The van der Waals surface area contributed by atoms with E-state index in [4.69, 9.17) is 0 Å². The molecule has 174 valence electrons. The Hall–Kier alpha value is -3.95. The number of amides is 1. The first kappa shape index (κ1) is 21.9. The van der Waals surface area contributed by atoms with E-state index >= 15 is 0 Å². The van der Waals surface area contributed by atoms with Crippen LogP contribution in [0.4, 0.5) is 17.6 Å². The predicted octanol–water partition coefficient (Wildman–Crippen LogP) is 4.59. The second kappa shape index (κ2) is 8.12. The molecule has 2 aromatic heterocycles. The van der Waals surface area contributed by atoms with Crippen LogP contribution in [-0.4, -0.2) is 36.9 Å². The SMILES string of the molecule is C[C@H]1c2nn(C)c(-c3cc(F)c(F)c(F)c3)c2CCN1C(=O)c1cc(F)ccc1-n1cccn1. The van der Waals surface area contributed by atoms with Crippen LogP contribution in [0, 0.1) is 23.3 Å². The smallest absolute Gasteiger partial charge is 0.256 e. The molecule has 0 saturated carbocycles. The summed E-state index contributed by atoms with van der Waals surface area (Å²) in [6, 6.07) is 6.99. The highest BCUT2D eigenvalue weighted by Gasteiger charge is 2.34. The molecule has 0 radical (unpaired) electrons. The molecule has 0 saturated heterocycles. The molecular weight excluding hydrogens is 450 g/mol. The Labute approximate surface area is 192 Å². The highest BCUT2D eigenvalue weighted by Crippen LogP contribution is 2.37. The van der Waals surface area contributed by atoms with Gasteiger partial charge in [0, 0.05) is 37.1 Å². The van der Waals surface area contributed by atoms with Crippen molar-refractivity contribution in [3.05, 3.63) is 88.9 Å². The maximum Gasteiger partial charge on any atom is 0.256 e. The number of halogens is 4. The molecule has 0 bridgehead atoms. The third-order valence-corrected chi connectivity index (χ3v) is 6.10. The second-order valence-electron chi connectivity index (χ2n) is 8.13. The van der Waals surface area contributed by atoms with Crippen LogP contribution in [0.1, 0.15) is 34.6 Å². The van der Waals surface area contributed by atoms with E-state index < -0.39 is 35.2 Å². The summed E-state index contributed by atoms with van der Waals surface area (Å²) in [6.07, 6.45) is 3.57. The van der Waals surface area contributed by atoms with Crippen LogP contribution in [0.25, 0.3) is 16.9 Å². The number of hydrogen-bond acceptors (Lipinski definition) is 3. The monoisotopic (exact) mass is 469 g/mol. The van der Waals surface area contributed by atoms with Gasteiger partial charge in [0.2, 0.25) is 0 Å². The van der Waals surface area contributed by atoms with Crippen LogP contribution in [-0.2, 0) is 13.5 Å². The molecule has 3 heterocycles. The Balaban J connectivity index is 1.53. The van der Waals surface area contributed by atoms with Crippen molar-refractivity contribution in [2.24, 2.45) is 7.05 Å². The van der Waals surface area contributed by atoms with E-state index in [9.17, 15) is 22.4 Å². The Morgan fingerprint density at radius 1 is 1.09 bits per heavy atom. The van der Waals surface area contributed by atoms with Gasteiger partial charge in [0.25, 0.3) is 5.91 Å². The number of rotatable bonds is 3. The van der Waals surface area contributed by atoms with Crippen molar-refractivity contribution in [2.45, 2.75) is 19.4 Å². The number of fused-ring (bicyclic) bond motifs is 1. The summed E-state index contributed by atoms with van der Waals surface area (Å²) in [7, 11) is 1.62. The van der Waals surface area contributed by atoms with Gasteiger partial charge in [-0.15, -0.1) is 0 Å². The van der Waals surface area contributed by atoms with Gasteiger partial charge in [0.1, 0.15) is 5.82 Å². The first-order chi connectivity index (χ1) is 16.3. The Morgan fingerprint density at radius 3 is 2.50 bits per heavy atom. The van der Waals surface area contributed by atoms with Gasteiger partial charge in [-0.2, -0.15) is 10.2 Å². The molecule has 4 aromatic rings. The highest BCUT2D eigenvalue weighted by atomic mass is 19.2. The van der Waals surface area contributed by atoms with Crippen molar-refractivity contribution in [3.63, 3.8) is 0 Å². The van der Waals surface area contributed by atoms with Crippen LogP contribution < -0.4 is 0 Å². The van der Waals surface area contributed by atoms with Gasteiger partial charge in [0.15, 0.2) is 17.5 Å². The van der Waals surface area contributed by atoms with Gasteiger partial charge in [-0.25, -0.2) is 22.2 Å². The van der Waals surface area contributed by atoms with E-state index in [1.165, 1.54) is 27.6 Å². The van der Waals surface area contributed by atoms with Crippen molar-refractivity contribution < 1.29 is 22.4 Å². The summed E-state index contributed by atoms with van der Waals surface area (Å²) >= 11 is 0. The van der Waals surface area contributed by atoms with Gasteiger partial charge in [-0.1, -0.05) is 0 Å². The average molecular weight is 469 g/mol. The number of carbonyl (C=O) groups excluding carboxylic acids is 1. The topological polar surface area (TPSA) is 56.0 Å². The molecule has 0 unspecified atom stereocenters. The van der Waals surface area contributed by atoms with E-state index in [0.717, 1.165) is 17.7 Å². The summed E-state index contributed by atoms with van der Waals surface area (Å²) in [5, 5.41) is 8.65. The van der Waals surface area contributed by atoms with Gasteiger partial charge < -0.3 is 4.90 Å². The standard InChI is InChI=1S/C24H19F4N5O/c1-13-22-16(23(31(2)30-22)14-10-18(26)21(28)19(27)11-14)6-9-32(13)24(34)17-12-15(25)4-5-20(17)33-8-3-7-29-33/h3-5,7-8,10-13H,6,9H2,1-2H3/t13-/m0/s1. The van der Waals surface area contributed by atoms with Crippen molar-refractivity contribution >= 4 is 5.91 Å². The normalized spacial score (nSPS) is 15.5. The minimum Gasteiger partial charge on any atom is -0.330 e. The van der Waals surface area contributed by atoms with Crippen LogP contribution in [0.15, 0.2) is 48.8 Å². The molecule has 2 aromatic carbocycles. The molecule has 5 rings (SSSR count). The molecule has 0 fully saturated rings. The van der Waals surface area contributed by atoms with E-state index in [0.29, 0.717) is 23.5 Å². The zero-order valence-electron chi connectivity index (χ0n) is 18.3. The van der Waals surface area contributed by atoms with Crippen molar-refractivity contribution in [2.75, 3.05) is 6.54 Å². The van der Waals surface area contributed by atoms with Crippen molar-refractivity contribution in [3.8, 4) is 16.9 Å². The minimum atomic E-state index is -1.53. The van der Waals surface area contributed by atoms with Crippen LogP contribution >= 0.6 is 0 Å². The molecule has 1 amide bonds. The van der Waals surface area contributed by atoms with E-state index in [-0.39, 0.29) is 17.7 Å². The average Bonchev–Trinajstić information content (AvgIpc) is 3.45. The fourth-order valence-electron chi connectivity index (χ4n) is 4.52. The molecular formula is C24H19F4N5O. The maximum absolute atomic E-state index is 14.1. The number of hydrogen-bond donors (Lipinski definition) is 0. The Kier molecular flexibility index (Phi) is 5.22. The van der Waals surface area contributed by atoms with Gasteiger partial charge >= 0.3 is 0 Å².